The highest BCUT2D eigenvalue weighted by molar-refractivity contribution is 5.91. The van der Waals surface area contributed by atoms with Gasteiger partial charge >= 0.3 is 23.6 Å². The Morgan fingerprint density at radius 2 is 1.17 bits per heavy atom. The van der Waals surface area contributed by atoms with Crippen LogP contribution in [0.2, 0.25) is 0 Å². The predicted molar refractivity (Wildman–Crippen MR) is 143 cm³/mol. The molecule has 3 aromatic carbocycles. The molecule has 1 aliphatic heterocycles. The summed E-state index contributed by atoms with van der Waals surface area (Å²) in [7, 11) is 0. The zero-order valence-corrected chi connectivity index (χ0v) is 21.5. The molecule has 208 valence electrons. The van der Waals surface area contributed by atoms with Gasteiger partial charge in [-0.3, -0.25) is 14.3 Å². The van der Waals surface area contributed by atoms with Gasteiger partial charge in [-0.25, -0.2) is 19.2 Å². The van der Waals surface area contributed by atoms with Crippen molar-refractivity contribution >= 4 is 17.9 Å². The molecule has 5 rings (SSSR count). The number of carbonyl (C=O) groups excluding carboxylic acids is 3. The molecule has 4 atom stereocenters. The second-order valence-corrected chi connectivity index (χ2v) is 9.02. The molecule has 0 radical (unpaired) electrons. The number of benzene rings is 3. The molecule has 41 heavy (non-hydrogen) atoms. The Kier molecular flexibility index (Phi) is 8.16. The average molecular weight is 557 g/mol. The van der Waals surface area contributed by atoms with Gasteiger partial charge in [-0.1, -0.05) is 54.6 Å². The normalized spacial score (nSPS) is 19.7. The van der Waals surface area contributed by atoms with Crippen LogP contribution in [0.3, 0.4) is 0 Å². The molecule has 1 fully saturated rings. The summed E-state index contributed by atoms with van der Waals surface area (Å²) in [5, 5.41) is 0. The van der Waals surface area contributed by atoms with Gasteiger partial charge in [0, 0.05) is 12.3 Å². The molecule has 0 aliphatic carbocycles. The highest BCUT2D eigenvalue weighted by Crippen LogP contribution is 2.34. The van der Waals surface area contributed by atoms with Crippen molar-refractivity contribution in [2.45, 2.75) is 24.5 Å². The lowest BCUT2D eigenvalue weighted by Crippen LogP contribution is -2.43. The summed E-state index contributed by atoms with van der Waals surface area (Å²) in [6, 6.07) is 25.5. The largest absolute Gasteiger partial charge is 0.459 e. The molecular formula is C30H24N2O9. The fourth-order valence-corrected chi connectivity index (χ4v) is 4.31. The van der Waals surface area contributed by atoms with E-state index in [2.05, 4.69) is 4.98 Å². The van der Waals surface area contributed by atoms with Gasteiger partial charge in [0.2, 0.25) is 0 Å². The fourth-order valence-electron chi connectivity index (χ4n) is 4.31. The maximum absolute atomic E-state index is 13.1. The van der Waals surface area contributed by atoms with Crippen LogP contribution in [0, 0.1) is 0 Å². The van der Waals surface area contributed by atoms with Crippen molar-refractivity contribution in [1.82, 2.24) is 9.55 Å². The number of rotatable bonds is 8. The van der Waals surface area contributed by atoms with E-state index in [1.54, 1.807) is 66.7 Å². The van der Waals surface area contributed by atoms with Gasteiger partial charge in [-0.05, 0) is 36.4 Å². The van der Waals surface area contributed by atoms with E-state index in [0.29, 0.717) is 0 Å². The standard InChI is InChI=1S/C30H24N2O9/c33-23-16-17-32(30(37)31-23)26-25(41-29(36)21-14-8-3-9-15-21)24(40-28(35)20-12-6-2-7-13-20)22(39-26)18-38-27(34)19-10-4-1-5-11-19/h1-17,22,24-26H,18H2,(H,31,33,37)/t22-,24?,25?,26-/m0/s1. The monoisotopic (exact) mass is 556 g/mol. The maximum atomic E-state index is 13.1. The van der Waals surface area contributed by atoms with Crippen LogP contribution in [0.4, 0.5) is 0 Å². The van der Waals surface area contributed by atoms with Gasteiger partial charge in [0.05, 0.1) is 16.7 Å². The summed E-state index contributed by atoms with van der Waals surface area (Å²) >= 11 is 0. The number of aromatic nitrogens is 2. The Bertz CT molecular complexity index is 1640. The van der Waals surface area contributed by atoms with Crippen molar-refractivity contribution in [1.29, 1.82) is 0 Å². The van der Waals surface area contributed by atoms with E-state index in [-0.39, 0.29) is 16.7 Å². The van der Waals surface area contributed by atoms with Crippen molar-refractivity contribution in [2.24, 2.45) is 0 Å². The van der Waals surface area contributed by atoms with Crippen molar-refractivity contribution in [3.63, 3.8) is 0 Å². The van der Waals surface area contributed by atoms with E-state index in [1.807, 2.05) is 0 Å². The lowest BCUT2D eigenvalue weighted by Gasteiger charge is -2.25. The molecule has 11 heteroatoms. The van der Waals surface area contributed by atoms with Crippen molar-refractivity contribution in [3.05, 3.63) is 141 Å². The van der Waals surface area contributed by atoms with Gasteiger partial charge in [-0.2, -0.15) is 0 Å². The molecule has 1 saturated heterocycles. The van der Waals surface area contributed by atoms with Crippen molar-refractivity contribution in [2.75, 3.05) is 6.61 Å². The number of nitrogens with one attached hydrogen (secondary N) is 1. The average Bonchev–Trinajstić information content (AvgIpc) is 3.33. The van der Waals surface area contributed by atoms with Crippen molar-refractivity contribution < 1.29 is 33.3 Å². The van der Waals surface area contributed by atoms with Crippen LogP contribution < -0.4 is 11.2 Å². The van der Waals surface area contributed by atoms with Gasteiger partial charge in [-0.15, -0.1) is 0 Å². The SMILES string of the molecule is O=C(OC[C@@H]1O[C@H](n2ccc(=O)[nH]c2=O)C(OC(=O)c2ccccc2)C1OC(=O)c1ccccc1)c1ccccc1. The first-order chi connectivity index (χ1) is 19.9. The molecule has 4 aromatic rings. The molecule has 1 aromatic heterocycles. The number of ether oxygens (including phenoxy) is 4. The second kappa shape index (κ2) is 12.3. The van der Waals surface area contributed by atoms with Crippen LogP contribution in [-0.2, 0) is 18.9 Å². The lowest BCUT2D eigenvalue weighted by atomic mass is 10.1. The number of carbonyl (C=O) groups is 3. The van der Waals surface area contributed by atoms with E-state index in [0.717, 1.165) is 10.6 Å². The molecule has 0 bridgehead atoms. The summed E-state index contributed by atoms with van der Waals surface area (Å²) in [5.41, 5.74) is -0.804. The molecule has 1 aliphatic rings. The van der Waals surface area contributed by atoms with Gasteiger partial charge in [0.15, 0.2) is 18.4 Å². The topological polar surface area (TPSA) is 143 Å². The van der Waals surface area contributed by atoms with E-state index < -0.39 is 60.3 Å². The Hall–Kier alpha value is -5.29. The highest BCUT2D eigenvalue weighted by atomic mass is 16.7. The van der Waals surface area contributed by atoms with Crippen LogP contribution >= 0.6 is 0 Å². The highest BCUT2D eigenvalue weighted by Gasteiger charge is 2.51. The molecule has 2 unspecified atom stereocenters. The summed E-state index contributed by atoms with van der Waals surface area (Å²) in [6.45, 7) is -0.408. The minimum absolute atomic E-state index is 0.201. The molecular weight excluding hydrogens is 532 g/mol. The summed E-state index contributed by atoms with van der Waals surface area (Å²) in [6.07, 6.45) is -4.03. The molecule has 0 saturated carbocycles. The molecule has 0 amide bonds. The Morgan fingerprint density at radius 3 is 1.68 bits per heavy atom. The van der Waals surface area contributed by atoms with E-state index in [9.17, 15) is 24.0 Å². The Morgan fingerprint density at radius 1 is 0.683 bits per heavy atom. The van der Waals surface area contributed by atoms with Crippen LogP contribution in [0.5, 0.6) is 0 Å². The summed E-state index contributed by atoms with van der Waals surface area (Å²) < 4.78 is 24.1. The quantitative estimate of drug-likeness (QED) is 0.256. The third-order valence-electron chi connectivity index (χ3n) is 6.30. The molecule has 11 nitrogen and oxygen atoms in total. The van der Waals surface area contributed by atoms with Crippen LogP contribution in [0.1, 0.15) is 37.3 Å². The maximum Gasteiger partial charge on any atom is 0.338 e. The first-order valence-corrected chi connectivity index (χ1v) is 12.6. The minimum Gasteiger partial charge on any atom is -0.459 e. The molecule has 1 N–H and O–H groups in total. The third kappa shape index (κ3) is 6.31. The lowest BCUT2D eigenvalue weighted by molar-refractivity contribution is -0.0640. The van der Waals surface area contributed by atoms with E-state index >= 15 is 0 Å². The number of aromatic amines is 1. The third-order valence-corrected chi connectivity index (χ3v) is 6.30. The van der Waals surface area contributed by atoms with Gasteiger partial charge in [0.1, 0.15) is 12.7 Å². The van der Waals surface area contributed by atoms with E-state index in [1.165, 1.54) is 30.5 Å². The smallest absolute Gasteiger partial charge is 0.338 e. The Labute approximate surface area is 232 Å². The Balaban J connectivity index is 1.50. The zero-order valence-electron chi connectivity index (χ0n) is 21.5. The first kappa shape index (κ1) is 27.3. The molecule has 2 heterocycles. The molecule has 0 spiro atoms. The number of hydrogen-bond donors (Lipinski definition) is 1. The summed E-state index contributed by atoms with van der Waals surface area (Å²) in [4.78, 5) is 65.5. The number of H-pyrrole nitrogens is 1. The van der Waals surface area contributed by atoms with Crippen LogP contribution in [0.15, 0.2) is 113 Å². The van der Waals surface area contributed by atoms with E-state index in [4.69, 9.17) is 18.9 Å². The fraction of sp³-hybridized carbons (Fsp3) is 0.167. The second-order valence-electron chi connectivity index (χ2n) is 9.02. The van der Waals surface area contributed by atoms with Crippen LogP contribution in [-0.4, -0.2) is 52.4 Å². The summed E-state index contributed by atoms with van der Waals surface area (Å²) in [5.74, 6) is -2.19. The predicted octanol–water partition coefficient (Wildman–Crippen LogP) is 2.74. The first-order valence-electron chi connectivity index (χ1n) is 12.6. The van der Waals surface area contributed by atoms with Crippen molar-refractivity contribution in [3.8, 4) is 0 Å². The van der Waals surface area contributed by atoms with Gasteiger partial charge < -0.3 is 18.9 Å². The van der Waals surface area contributed by atoms with Gasteiger partial charge in [0.25, 0.3) is 5.56 Å². The number of hydrogen-bond acceptors (Lipinski definition) is 9. The number of esters is 3. The zero-order chi connectivity index (χ0) is 28.8. The van der Waals surface area contributed by atoms with Crippen LogP contribution in [0.25, 0.3) is 0 Å². The number of nitrogens with zero attached hydrogens (tertiary/aromatic N) is 1. The minimum atomic E-state index is -1.38.